The Balaban J connectivity index is 2.19. The van der Waals surface area contributed by atoms with Crippen LogP contribution in [0.5, 0.6) is 11.5 Å². The number of hydrogen-bond acceptors (Lipinski definition) is 6. The fraction of sp³-hybridized carbons (Fsp3) is 0.435. The van der Waals surface area contributed by atoms with Gasteiger partial charge in [-0.25, -0.2) is 0 Å². The number of rotatable bonds is 6. The number of ether oxygens (including phenoxy) is 5. The number of benzene rings is 2. The summed E-state index contributed by atoms with van der Waals surface area (Å²) in [6.45, 7) is 8.44. The highest BCUT2D eigenvalue weighted by molar-refractivity contribution is 5.68. The summed E-state index contributed by atoms with van der Waals surface area (Å²) in [6.07, 6.45) is -1.07. The van der Waals surface area contributed by atoms with Crippen molar-refractivity contribution in [1.29, 1.82) is 0 Å². The van der Waals surface area contributed by atoms with E-state index < -0.39 is 12.4 Å². The van der Waals surface area contributed by atoms with Crippen molar-refractivity contribution in [2.75, 3.05) is 27.4 Å². The predicted octanol–water partition coefficient (Wildman–Crippen LogP) is 4.33. The van der Waals surface area contributed by atoms with Gasteiger partial charge in [0.15, 0.2) is 12.4 Å². The smallest absolute Gasteiger partial charge is 0.303 e. The maximum atomic E-state index is 12.0. The van der Waals surface area contributed by atoms with Crippen LogP contribution in [0.25, 0.3) is 0 Å². The van der Waals surface area contributed by atoms with E-state index in [9.17, 15) is 4.79 Å². The minimum atomic E-state index is -0.656. The Morgan fingerprint density at radius 2 is 1.62 bits per heavy atom. The summed E-state index contributed by atoms with van der Waals surface area (Å²) in [5.41, 5.74) is 5.27. The van der Waals surface area contributed by atoms with Crippen molar-refractivity contribution in [2.45, 2.75) is 40.1 Å². The van der Waals surface area contributed by atoms with Gasteiger partial charge >= 0.3 is 5.97 Å². The SMILES string of the molecule is COc1c(C)c(C)c(OC)c(C(OC(C)=O)c2cccc(C3OCCO3)c2)c1C. The molecule has 156 valence electrons. The lowest BCUT2D eigenvalue weighted by atomic mass is 9.90. The Hall–Kier alpha value is -2.57. The predicted molar refractivity (Wildman–Crippen MR) is 108 cm³/mol. The third-order valence-electron chi connectivity index (χ3n) is 5.29. The van der Waals surface area contributed by atoms with E-state index in [1.54, 1.807) is 14.2 Å². The van der Waals surface area contributed by atoms with E-state index in [0.29, 0.717) is 19.0 Å². The molecule has 0 spiro atoms. The number of esters is 1. The molecule has 1 unspecified atom stereocenters. The van der Waals surface area contributed by atoms with Gasteiger partial charge in [-0.2, -0.15) is 0 Å². The van der Waals surface area contributed by atoms with E-state index in [2.05, 4.69) is 0 Å². The summed E-state index contributed by atoms with van der Waals surface area (Å²) in [6, 6.07) is 7.72. The molecule has 2 aromatic rings. The van der Waals surface area contributed by atoms with Gasteiger partial charge in [-0.15, -0.1) is 0 Å². The van der Waals surface area contributed by atoms with E-state index in [1.165, 1.54) is 6.92 Å². The van der Waals surface area contributed by atoms with Crippen molar-refractivity contribution in [3.63, 3.8) is 0 Å². The largest absolute Gasteiger partial charge is 0.496 e. The van der Waals surface area contributed by atoms with Gasteiger partial charge in [-0.1, -0.05) is 18.2 Å². The van der Waals surface area contributed by atoms with Crippen molar-refractivity contribution in [3.8, 4) is 11.5 Å². The highest BCUT2D eigenvalue weighted by Gasteiger charge is 2.29. The standard InChI is InChI=1S/C23H28O6/c1-13-14(2)21(26-6)19(15(3)20(13)25-5)22(29-16(4)24)17-8-7-9-18(12-17)23-27-10-11-28-23/h7-9,12,22-23H,10-11H2,1-6H3. The minimum absolute atomic E-state index is 0.382. The first-order valence-electron chi connectivity index (χ1n) is 9.60. The monoisotopic (exact) mass is 400 g/mol. The molecule has 0 bridgehead atoms. The lowest BCUT2D eigenvalue weighted by molar-refractivity contribution is -0.144. The maximum Gasteiger partial charge on any atom is 0.303 e. The number of carbonyl (C=O) groups excluding carboxylic acids is 1. The molecule has 29 heavy (non-hydrogen) atoms. The number of hydrogen-bond donors (Lipinski definition) is 0. The molecule has 2 aromatic carbocycles. The first kappa shape index (κ1) is 21.1. The molecule has 6 nitrogen and oxygen atoms in total. The average molecular weight is 400 g/mol. The van der Waals surface area contributed by atoms with Crippen LogP contribution in [0.4, 0.5) is 0 Å². The molecule has 1 saturated heterocycles. The van der Waals surface area contributed by atoms with Gasteiger partial charge < -0.3 is 23.7 Å². The quantitative estimate of drug-likeness (QED) is 0.673. The molecule has 0 amide bonds. The zero-order valence-corrected chi connectivity index (χ0v) is 17.8. The van der Waals surface area contributed by atoms with E-state index in [0.717, 1.165) is 39.1 Å². The van der Waals surface area contributed by atoms with Crippen molar-refractivity contribution in [2.24, 2.45) is 0 Å². The summed E-state index contributed by atoms with van der Waals surface area (Å²) in [5, 5.41) is 0. The molecule has 1 aliphatic heterocycles. The first-order valence-corrected chi connectivity index (χ1v) is 9.60. The van der Waals surface area contributed by atoms with Gasteiger partial charge in [-0.3, -0.25) is 4.79 Å². The fourth-order valence-corrected chi connectivity index (χ4v) is 3.88. The lowest BCUT2D eigenvalue weighted by Gasteiger charge is -2.26. The topological polar surface area (TPSA) is 63.2 Å². The normalized spacial score (nSPS) is 15.2. The molecule has 0 aliphatic carbocycles. The van der Waals surface area contributed by atoms with Crippen LogP contribution in [0.3, 0.4) is 0 Å². The number of methoxy groups -OCH3 is 2. The zero-order valence-electron chi connectivity index (χ0n) is 17.8. The highest BCUT2D eigenvalue weighted by Crippen LogP contribution is 2.44. The lowest BCUT2D eigenvalue weighted by Crippen LogP contribution is -2.15. The molecule has 1 fully saturated rings. The van der Waals surface area contributed by atoms with Crippen molar-refractivity contribution in [1.82, 2.24) is 0 Å². The van der Waals surface area contributed by atoms with Crippen LogP contribution in [0, 0.1) is 20.8 Å². The molecule has 0 saturated carbocycles. The fourth-order valence-electron chi connectivity index (χ4n) is 3.88. The van der Waals surface area contributed by atoms with Gasteiger partial charge in [0.25, 0.3) is 0 Å². The molecule has 6 heteroatoms. The third kappa shape index (κ3) is 4.09. The van der Waals surface area contributed by atoms with Crippen LogP contribution in [0.1, 0.15) is 52.7 Å². The Labute approximate surface area is 171 Å². The second kappa shape index (κ2) is 8.84. The summed E-state index contributed by atoms with van der Waals surface area (Å²) < 4.78 is 28.5. The number of carbonyl (C=O) groups is 1. The van der Waals surface area contributed by atoms with E-state index >= 15 is 0 Å². The summed E-state index contributed by atoms with van der Waals surface area (Å²) >= 11 is 0. The molecule has 0 radical (unpaired) electrons. The second-order valence-corrected chi connectivity index (χ2v) is 7.09. The first-order chi connectivity index (χ1) is 13.9. The van der Waals surface area contributed by atoms with E-state index in [4.69, 9.17) is 23.7 Å². The maximum absolute atomic E-state index is 12.0. The van der Waals surface area contributed by atoms with Crippen LogP contribution in [0.15, 0.2) is 24.3 Å². The van der Waals surface area contributed by atoms with Gasteiger partial charge in [0.2, 0.25) is 0 Å². The zero-order chi connectivity index (χ0) is 21.1. The molecule has 3 rings (SSSR count). The van der Waals surface area contributed by atoms with Gasteiger partial charge in [0.1, 0.15) is 11.5 Å². The molecule has 1 atom stereocenters. The van der Waals surface area contributed by atoms with E-state index in [-0.39, 0.29) is 5.97 Å². The molecule has 0 aromatic heterocycles. The van der Waals surface area contributed by atoms with Crippen LogP contribution in [-0.2, 0) is 19.0 Å². The van der Waals surface area contributed by atoms with Crippen LogP contribution < -0.4 is 9.47 Å². The average Bonchev–Trinajstić information content (AvgIpc) is 3.24. The molecule has 1 heterocycles. The van der Waals surface area contributed by atoms with Crippen LogP contribution >= 0.6 is 0 Å². The third-order valence-corrected chi connectivity index (χ3v) is 5.29. The summed E-state index contributed by atoms with van der Waals surface area (Å²) in [4.78, 5) is 12.0. The van der Waals surface area contributed by atoms with Gasteiger partial charge in [-0.05, 0) is 43.5 Å². The summed E-state index contributed by atoms with van der Waals surface area (Å²) in [7, 11) is 3.26. The van der Waals surface area contributed by atoms with Crippen molar-refractivity contribution >= 4 is 5.97 Å². The molecule has 1 aliphatic rings. The highest BCUT2D eigenvalue weighted by atomic mass is 16.7. The minimum Gasteiger partial charge on any atom is -0.496 e. The second-order valence-electron chi connectivity index (χ2n) is 7.09. The Morgan fingerprint density at radius 3 is 2.21 bits per heavy atom. The molecular formula is C23H28O6. The van der Waals surface area contributed by atoms with E-state index in [1.807, 2.05) is 45.0 Å². The molecular weight excluding hydrogens is 372 g/mol. The van der Waals surface area contributed by atoms with Crippen LogP contribution in [0.2, 0.25) is 0 Å². The van der Waals surface area contributed by atoms with Crippen LogP contribution in [-0.4, -0.2) is 33.4 Å². The van der Waals surface area contributed by atoms with Crippen molar-refractivity contribution < 1.29 is 28.5 Å². The Kier molecular flexibility index (Phi) is 6.45. The Morgan fingerprint density at radius 1 is 1.00 bits per heavy atom. The van der Waals surface area contributed by atoms with Crippen molar-refractivity contribution in [3.05, 3.63) is 57.6 Å². The van der Waals surface area contributed by atoms with Gasteiger partial charge in [0, 0.05) is 23.6 Å². The Bertz CT molecular complexity index is 899. The summed E-state index contributed by atoms with van der Waals surface area (Å²) in [5.74, 6) is 1.06. The molecule has 0 N–H and O–H groups in total. The van der Waals surface area contributed by atoms with Gasteiger partial charge in [0.05, 0.1) is 27.4 Å².